The van der Waals surface area contributed by atoms with E-state index in [0.717, 1.165) is 6.42 Å². The molecular weight excluding hydrogens is 388 g/mol. The van der Waals surface area contributed by atoms with Crippen molar-refractivity contribution in [1.82, 2.24) is 30.7 Å². The number of hydrogen-bond donors (Lipinski definition) is 4. The van der Waals surface area contributed by atoms with Gasteiger partial charge in [0.15, 0.2) is 0 Å². The van der Waals surface area contributed by atoms with E-state index in [2.05, 4.69) is 27.8 Å². The fraction of sp³-hybridized carbons (Fsp3) is 0.500. The molecule has 0 saturated carbocycles. The van der Waals surface area contributed by atoms with Crippen molar-refractivity contribution in [2.24, 2.45) is 7.05 Å². The molecule has 3 heterocycles. The molecule has 0 aromatic carbocycles. The van der Waals surface area contributed by atoms with E-state index in [4.69, 9.17) is 0 Å². The fourth-order valence-corrected chi connectivity index (χ4v) is 3.88. The number of nitrogens with zero attached hydrogens (tertiary/aromatic N) is 2. The maximum atomic E-state index is 13.2. The Labute approximate surface area is 175 Å². The lowest BCUT2D eigenvalue weighted by Gasteiger charge is -2.30. The van der Waals surface area contributed by atoms with Crippen molar-refractivity contribution in [1.29, 1.82) is 0 Å². The van der Waals surface area contributed by atoms with E-state index in [1.807, 2.05) is 0 Å². The predicted molar refractivity (Wildman–Crippen MR) is 110 cm³/mol. The molecule has 1 aromatic heterocycles. The number of carbonyl (C=O) groups excluding carboxylic acids is 4. The molecule has 0 aliphatic carbocycles. The summed E-state index contributed by atoms with van der Waals surface area (Å²) in [5, 5.41) is 10.9. The third-order valence-electron chi connectivity index (χ3n) is 5.42. The minimum atomic E-state index is -0.920. The summed E-state index contributed by atoms with van der Waals surface area (Å²) in [5.74, 6) is -0.987. The van der Waals surface area contributed by atoms with Crippen LogP contribution >= 0.6 is 0 Å². The van der Waals surface area contributed by atoms with Gasteiger partial charge in [0.1, 0.15) is 17.8 Å². The highest BCUT2D eigenvalue weighted by Gasteiger charge is 2.44. The molecule has 3 rings (SSSR count). The second-order valence-electron chi connectivity index (χ2n) is 7.48. The molecule has 30 heavy (non-hydrogen) atoms. The minimum Gasteiger partial charge on any atom is -0.354 e. The Hall–Kier alpha value is -3.30. The topological polar surface area (TPSA) is 125 Å². The van der Waals surface area contributed by atoms with Gasteiger partial charge in [-0.25, -0.2) is 4.79 Å². The van der Waals surface area contributed by atoms with Gasteiger partial charge in [0.25, 0.3) is 5.91 Å². The average Bonchev–Trinajstić information content (AvgIpc) is 3.34. The van der Waals surface area contributed by atoms with Gasteiger partial charge in [0.05, 0.1) is 6.04 Å². The van der Waals surface area contributed by atoms with Crippen LogP contribution in [0.3, 0.4) is 0 Å². The Bertz CT molecular complexity index is 835. The maximum absolute atomic E-state index is 13.2. The first-order valence-electron chi connectivity index (χ1n) is 10.1. The third-order valence-corrected chi connectivity index (χ3v) is 5.42. The van der Waals surface area contributed by atoms with Gasteiger partial charge in [0, 0.05) is 32.9 Å². The maximum Gasteiger partial charge on any atom is 0.315 e. The molecule has 0 spiro atoms. The smallest absolute Gasteiger partial charge is 0.315 e. The van der Waals surface area contributed by atoms with Crippen molar-refractivity contribution in [2.45, 2.75) is 37.4 Å². The summed E-state index contributed by atoms with van der Waals surface area (Å²) >= 11 is 0. The number of likely N-dealkylation sites (tertiary alicyclic amines) is 1. The van der Waals surface area contributed by atoms with Crippen LogP contribution in [-0.4, -0.2) is 71.0 Å². The molecule has 4 N–H and O–H groups in total. The standard InChI is InChI=1S/C20H28N6O4/c1-3-9-22-20(30)24-13-8-12-26(19(29)15-7-5-11-25(15)2)16(13)18(28)23-14-6-4-10-21-17(14)27/h3,5,7,11,13-14,16H,1,4,6,8-10,12H2,2H3,(H,21,27)(H,23,28)(H2,22,24,30)/t13-,14+,16-/m0/s1. The van der Waals surface area contributed by atoms with Crippen LogP contribution in [0.5, 0.6) is 0 Å². The Morgan fingerprint density at radius 1 is 1.30 bits per heavy atom. The minimum absolute atomic E-state index is 0.235. The molecule has 5 amide bonds. The first-order chi connectivity index (χ1) is 14.4. The summed E-state index contributed by atoms with van der Waals surface area (Å²) in [4.78, 5) is 51.9. The molecule has 3 atom stereocenters. The predicted octanol–water partition coefficient (Wildman–Crippen LogP) is -0.512. The average molecular weight is 416 g/mol. The van der Waals surface area contributed by atoms with Crippen LogP contribution in [0.4, 0.5) is 4.79 Å². The first kappa shape index (κ1) is 21.4. The van der Waals surface area contributed by atoms with Gasteiger partial charge in [-0.15, -0.1) is 6.58 Å². The van der Waals surface area contributed by atoms with Crippen LogP contribution in [0.25, 0.3) is 0 Å². The molecule has 0 bridgehead atoms. The molecule has 1 aromatic rings. The highest BCUT2D eigenvalue weighted by molar-refractivity contribution is 5.98. The zero-order valence-corrected chi connectivity index (χ0v) is 17.0. The number of nitrogens with one attached hydrogen (secondary N) is 4. The second-order valence-corrected chi connectivity index (χ2v) is 7.48. The molecule has 2 aliphatic heterocycles. The molecular formula is C20H28N6O4. The van der Waals surface area contributed by atoms with Gasteiger partial charge in [-0.05, 0) is 31.4 Å². The largest absolute Gasteiger partial charge is 0.354 e. The monoisotopic (exact) mass is 416 g/mol. The quantitative estimate of drug-likeness (QED) is 0.466. The normalized spacial score (nSPS) is 23.4. The van der Waals surface area contributed by atoms with Gasteiger partial charge < -0.3 is 30.7 Å². The fourth-order valence-electron chi connectivity index (χ4n) is 3.88. The Kier molecular flexibility index (Phi) is 6.76. The van der Waals surface area contributed by atoms with E-state index in [1.165, 1.54) is 4.90 Å². The summed E-state index contributed by atoms with van der Waals surface area (Å²) in [5.41, 5.74) is 0.444. The van der Waals surface area contributed by atoms with Crippen molar-refractivity contribution in [2.75, 3.05) is 19.6 Å². The number of rotatable bonds is 6. The highest BCUT2D eigenvalue weighted by atomic mass is 16.2. The Balaban J connectivity index is 1.79. The molecule has 162 valence electrons. The van der Waals surface area contributed by atoms with Crippen LogP contribution in [0.15, 0.2) is 31.0 Å². The third kappa shape index (κ3) is 4.64. The molecule has 0 radical (unpaired) electrons. The molecule has 10 heteroatoms. The highest BCUT2D eigenvalue weighted by Crippen LogP contribution is 2.22. The van der Waals surface area contributed by atoms with Gasteiger partial charge >= 0.3 is 6.03 Å². The van der Waals surface area contributed by atoms with Gasteiger partial charge in [0.2, 0.25) is 11.8 Å². The number of aromatic nitrogens is 1. The summed E-state index contributed by atoms with van der Waals surface area (Å²) in [6, 6.07) is 0.852. The summed E-state index contributed by atoms with van der Waals surface area (Å²) in [6.07, 6.45) is 5.02. The van der Waals surface area contributed by atoms with Crippen molar-refractivity contribution < 1.29 is 19.2 Å². The zero-order valence-electron chi connectivity index (χ0n) is 17.0. The Morgan fingerprint density at radius 2 is 2.10 bits per heavy atom. The molecule has 0 unspecified atom stereocenters. The van der Waals surface area contributed by atoms with E-state index < -0.39 is 30.1 Å². The number of amides is 5. The first-order valence-corrected chi connectivity index (χ1v) is 10.1. The summed E-state index contributed by atoms with van der Waals surface area (Å²) < 4.78 is 1.68. The van der Waals surface area contributed by atoms with Gasteiger partial charge in [-0.3, -0.25) is 14.4 Å². The van der Waals surface area contributed by atoms with E-state index in [1.54, 1.807) is 36.0 Å². The zero-order chi connectivity index (χ0) is 21.7. The van der Waals surface area contributed by atoms with Gasteiger partial charge in [-0.1, -0.05) is 6.08 Å². The van der Waals surface area contributed by atoms with Crippen molar-refractivity contribution in [3.8, 4) is 0 Å². The number of urea groups is 1. The van der Waals surface area contributed by atoms with Crippen LogP contribution in [0.1, 0.15) is 29.8 Å². The van der Waals surface area contributed by atoms with Crippen molar-refractivity contribution in [3.05, 3.63) is 36.7 Å². The van der Waals surface area contributed by atoms with Crippen molar-refractivity contribution >= 4 is 23.8 Å². The number of piperidine rings is 1. The van der Waals surface area contributed by atoms with Crippen LogP contribution in [-0.2, 0) is 16.6 Å². The van der Waals surface area contributed by atoms with E-state index in [0.29, 0.717) is 31.6 Å². The van der Waals surface area contributed by atoms with Crippen LogP contribution < -0.4 is 21.3 Å². The molecule has 10 nitrogen and oxygen atoms in total. The van der Waals surface area contributed by atoms with Crippen LogP contribution in [0.2, 0.25) is 0 Å². The lowest BCUT2D eigenvalue weighted by atomic mass is 10.0. The second kappa shape index (κ2) is 9.47. The number of hydrogen-bond acceptors (Lipinski definition) is 4. The Morgan fingerprint density at radius 3 is 2.77 bits per heavy atom. The van der Waals surface area contributed by atoms with Crippen molar-refractivity contribution in [3.63, 3.8) is 0 Å². The van der Waals surface area contributed by atoms with E-state index >= 15 is 0 Å². The summed E-state index contributed by atoms with van der Waals surface area (Å²) in [6.45, 7) is 4.73. The summed E-state index contributed by atoms with van der Waals surface area (Å²) in [7, 11) is 1.75. The molecule has 2 fully saturated rings. The van der Waals surface area contributed by atoms with E-state index in [-0.39, 0.29) is 18.4 Å². The number of carbonyl (C=O) groups is 4. The SMILES string of the molecule is C=CCNC(=O)N[C@H]1CCN(C(=O)c2cccn2C)[C@@H]1C(=O)N[C@@H]1CCCNC1=O. The van der Waals surface area contributed by atoms with E-state index in [9.17, 15) is 19.2 Å². The lowest BCUT2D eigenvalue weighted by molar-refractivity contribution is -0.132. The molecule has 2 aliphatic rings. The van der Waals surface area contributed by atoms with Gasteiger partial charge in [-0.2, -0.15) is 0 Å². The van der Waals surface area contributed by atoms with Crippen LogP contribution in [0, 0.1) is 0 Å². The molecule has 2 saturated heterocycles. The number of aryl methyl sites for hydroxylation is 1. The lowest BCUT2D eigenvalue weighted by Crippen LogP contribution is -2.59.